The summed E-state index contributed by atoms with van der Waals surface area (Å²) >= 11 is 0. The summed E-state index contributed by atoms with van der Waals surface area (Å²) in [7, 11) is 3.93. The number of nitrogens with zero attached hydrogens (tertiary/aromatic N) is 3. The van der Waals surface area contributed by atoms with Gasteiger partial charge in [-0.1, -0.05) is 18.2 Å². The van der Waals surface area contributed by atoms with Gasteiger partial charge >= 0.3 is 0 Å². The van der Waals surface area contributed by atoms with Crippen LogP contribution in [0, 0.1) is 0 Å². The van der Waals surface area contributed by atoms with Gasteiger partial charge in [-0.2, -0.15) is 0 Å². The monoisotopic (exact) mass is 404 g/mol. The Bertz CT molecular complexity index is 1220. The second-order valence-corrected chi connectivity index (χ2v) is 7.31. The first-order valence-electron chi connectivity index (χ1n) is 9.87. The lowest BCUT2D eigenvalue weighted by atomic mass is 10.1. The van der Waals surface area contributed by atoms with E-state index in [2.05, 4.69) is 5.32 Å². The first-order chi connectivity index (χ1) is 14.6. The van der Waals surface area contributed by atoms with Crippen LogP contribution in [0.25, 0.3) is 32.8 Å². The number of aromatic nitrogens is 2. The second kappa shape index (κ2) is 8.61. The van der Waals surface area contributed by atoms with Crippen molar-refractivity contribution < 1.29 is 14.6 Å². The number of benzene rings is 3. The highest BCUT2D eigenvalue weighted by molar-refractivity contribution is 6.11. The van der Waals surface area contributed by atoms with E-state index in [0.29, 0.717) is 34.4 Å². The minimum absolute atomic E-state index is 0.0549. The zero-order valence-electron chi connectivity index (χ0n) is 17.1. The van der Waals surface area contributed by atoms with Gasteiger partial charge in [-0.05, 0) is 44.4 Å². The van der Waals surface area contributed by atoms with Crippen LogP contribution in [0.1, 0.15) is 10.4 Å². The van der Waals surface area contributed by atoms with Gasteiger partial charge in [0.2, 0.25) is 0 Å². The standard InChI is InChI=1S/C23H24N4O3/c1-27(2)12-11-24-23(29)17-6-3-7-18-22(17)26-21-16-5-4-8-20(30-14-13-28)15(16)9-10-19(21)25-18/h3-10,28H,11-14H2,1-2H3,(H,24,29). The van der Waals surface area contributed by atoms with Gasteiger partial charge in [-0.25, -0.2) is 9.97 Å². The number of aliphatic hydroxyl groups is 1. The molecule has 2 N–H and O–H groups in total. The summed E-state index contributed by atoms with van der Waals surface area (Å²) in [6, 6.07) is 15.0. The molecule has 1 heterocycles. The maximum absolute atomic E-state index is 12.8. The molecule has 4 aromatic rings. The number of carbonyl (C=O) groups excluding carboxylic acids is 1. The molecule has 0 atom stereocenters. The highest BCUT2D eigenvalue weighted by Crippen LogP contribution is 2.31. The number of hydrogen-bond acceptors (Lipinski definition) is 6. The minimum atomic E-state index is -0.164. The van der Waals surface area contributed by atoms with Crippen LogP contribution >= 0.6 is 0 Å². The molecule has 0 aliphatic heterocycles. The summed E-state index contributed by atoms with van der Waals surface area (Å²) in [6.07, 6.45) is 0. The van der Waals surface area contributed by atoms with Gasteiger partial charge in [0.15, 0.2) is 0 Å². The van der Waals surface area contributed by atoms with Crippen molar-refractivity contribution in [3.05, 3.63) is 54.1 Å². The number of hydrogen-bond donors (Lipinski definition) is 2. The fourth-order valence-electron chi connectivity index (χ4n) is 3.44. The number of ether oxygens (including phenoxy) is 1. The van der Waals surface area contributed by atoms with Crippen molar-refractivity contribution in [2.45, 2.75) is 0 Å². The SMILES string of the molecule is CN(C)CCNC(=O)c1cccc2nc3ccc4c(OCCO)cccc4c3nc12. The Balaban J connectivity index is 1.83. The van der Waals surface area contributed by atoms with Gasteiger partial charge in [0, 0.05) is 23.9 Å². The summed E-state index contributed by atoms with van der Waals surface area (Å²) in [6.45, 7) is 1.47. The Labute approximate surface area is 174 Å². The largest absolute Gasteiger partial charge is 0.491 e. The number of amides is 1. The van der Waals surface area contributed by atoms with Gasteiger partial charge in [-0.3, -0.25) is 4.79 Å². The summed E-state index contributed by atoms with van der Waals surface area (Å²) in [4.78, 5) is 24.4. The average molecular weight is 404 g/mol. The lowest BCUT2D eigenvalue weighted by molar-refractivity contribution is 0.0952. The quantitative estimate of drug-likeness (QED) is 0.364. The molecule has 0 unspecified atom stereocenters. The Kier molecular flexibility index (Phi) is 5.74. The Hall–Kier alpha value is -3.29. The first-order valence-corrected chi connectivity index (χ1v) is 9.87. The zero-order valence-corrected chi connectivity index (χ0v) is 17.1. The molecule has 0 spiro atoms. The van der Waals surface area contributed by atoms with Crippen LogP contribution in [0.3, 0.4) is 0 Å². The van der Waals surface area contributed by atoms with Crippen molar-refractivity contribution in [1.29, 1.82) is 0 Å². The minimum Gasteiger partial charge on any atom is -0.491 e. The third-order valence-electron chi connectivity index (χ3n) is 4.89. The molecule has 0 aliphatic rings. The van der Waals surface area contributed by atoms with Crippen molar-refractivity contribution in [2.24, 2.45) is 0 Å². The van der Waals surface area contributed by atoms with Crippen LogP contribution in [0.15, 0.2) is 48.5 Å². The molecule has 0 bridgehead atoms. The van der Waals surface area contributed by atoms with Gasteiger partial charge in [0.25, 0.3) is 5.91 Å². The third kappa shape index (κ3) is 3.90. The molecule has 4 rings (SSSR count). The van der Waals surface area contributed by atoms with Crippen LogP contribution in [0.2, 0.25) is 0 Å². The van der Waals surface area contributed by atoms with Gasteiger partial charge in [-0.15, -0.1) is 0 Å². The van der Waals surface area contributed by atoms with E-state index >= 15 is 0 Å². The van der Waals surface area contributed by atoms with Gasteiger partial charge in [0.1, 0.15) is 17.9 Å². The smallest absolute Gasteiger partial charge is 0.253 e. The maximum atomic E-state index is 12.8. The normalized spacial score (nSPS) is 11.5. The fraction of sp³-hybridized carbons (Fsp3) is 0.261. The molecule has 0 fully saturated rings. The van der Waals surface area contributed by atoms with E-state index in [1.54, 1.807) is 6.07 Å². The molecule has 1 aromatic heterocycles. The molecule has 3 aromatic carbocycles. The molecule has 7 nitrogen and oxygen atoms in total. The average Bonchev–Trinajstić information content (AvgIpc) is 2.75. The van der Waals surface area contributed by atoms with E-state index in [0.717, 1.165) is 22.8 Å². The molecule has 7 heteroatoms. The molecule has 30 heavy (non-hydrogen) atoms. The highest BCUT2D eigenvalue weighted by Gasteiger charge is 2.15. The first kappa shape index (κ1) is 20.0. The molecule has 0 radical (unpaired) electrons. The molecule has 0 saturated carbocycles. The molecule has 1 amide bonds. The van der Waals surface area contributed by atoms with E-state index in [9.17, 15) is 4.79 Å². The third-order valence-corrected chi connectivity index (χ3v) is 4.89. The number of likely N-dealkylation sites (N-methyl/N-ethyl adjacent to an activating group) is 1. The van der Waals surface area contributed by atoms with Crippen molar-refractivity contribution in [3.8, 4) is 5.75 Å². The van der Waals surface area contributed by atoms with Crippen molar-refractivity contribution in [2.75, 3.05) is 40.4 Å². The van der Waals surface area contributed by atoms with Gasteiger partial charge in [0.05, 0.1) is 28.7 Å². The van der Waals surface area contributed by atoms with Crippen molar-refractivity contribution in [3.63, 3.8) is 0 Å². The van der Waals surface area contributed by atoms with Gasteiger partial charge < -0.3 is 20.1 Å². The summed E-state index contributed by atoms with van der Waals surface area (Å²) in [5, 5.41) is 13.8. The van der Waals surface area contributed by atoms with Crippen LogP contribution in [-0.2, 0) is 0 Å². The number of nitrogens with one attached hydrogen (secondary N) is 1. The number of fused-ring (bicyclic) bond motifs is 4. The van der Waals surface area contributed by atoms with Crippen molar-refractivity contribution in [1.82, 2.24) is 20.2 Å². The van der Waals surface area contributed by atoms with Crippen LogP contribution in [-0.4, -0.2) is 66.3 Å². The van der Waals surface area contributed by atoms with E-state index in [4.69, 9.17) is 19.8 Å². The molecule has 154 valence electrons. The van der Waals surface area contributed by atoms with E-state index in [-0.39, 0.29) is 19.1 Å². The van der Waals surface area contributed by atoms with E-state index < -0.39 is 0 Å². The fourth-order valence-corrected chi connectivity index (χ4v) is 3.44. The lowest BCUT2D eigenvalue weighted by Gasteiger charge is -2.12. The molecular weight excluding hydrogens is 380 g/mol. The predicted molar refractivity (Wildman–Crippen MR) is 118 cm³/mol. The zero-order chi connectivity index (χ0) is 21.1. The van der Waals surface area contributed by atoms with E-state index in [1.807, 2.05) is 61.5 Å². The van der Waals surface area contributed by atoms with Crippen molar-refractivity contribution >= 4 is 38.7 Å². The number of carbonyl (C=O) groups is 1. The summed E-state index contributed by atoms with van der Waals surface area (Å²) in [5.41, 5.74) is 3.21. The molecular formula is C23H24N4O3. The molecule has 0 aliphatic carbocycles. The number of para-hydroxylation sites is 1. The number of aliphatic hydroxyl groups excluding tert-OH is 1. The van der Waals surface area contributed by atoms with E-state index in [1.165, 1.54) is 0 Å². The predicted octanol–water partition coefficient (Wildman–Crippen LogP) is 2.60. The van der Waals surface area contributed by atoms with Crippen LogP contribution in [0.4, 0.5) is 0 Å². The maximum Gasteiger partial charge on any atom is 0.253 e. The van der Waals surface area contributed by atoms with Crippen LogP contribution in [0.5, 0.6) is 5.75 Å². The Morgan fingerprint density at radius 3 is 2.60 bits per heavy atom. The second-order valence-electron chi connectivity index (χ2n) is 7.31. The number of rotatable bonds is 7. The topological polar surface area (TPSA) is 87.6 Å². The Morgan fingerprint density at radius 2 is 1.80 bits per heavy atom. The summed E-state index contributed by atoms with van der Waals surface area (Å²) < 4.78 is 5.66. The molecule has 0 saturated heterocycles. The Morgan fingerprint density at radius 1 is 1.00 bits per heavy atom. The summed E-state index contributed by atoms with van der Waals surface area (Å²) in [5.74, 6) is 0.517. The van der Waals surface area contributed by atoms with Crippen LogP contribution < -0.4 is 10.1 Å². The lowest BCUT2D eigenvalue weighted by Crippen LogP contribution is -2.31. The highest BCUT2D eigenvalue weighted by atomic mass is 16.5.